The van der Waals surface area contributed by atoms with Crippen molar-refractivity contribution in [3.63, 3.8) is 0 Å². The van der Waals surface area contributed by atoms with Gasteiger partial charge in [0, 0.05) is 30.9 Å². The maximum atomic E-state index is 13.9. The van der Waals surface area contributed by atoms with Gasteiger partial charge in [0.15, 0.2) is 0 Å². The molecular weight excluding hydrogens is 609 g/mol. The molecule has 2 heterocycles. The Morgan fingerprint density at radius 2 is 1.40 bits per heavy atom. The highest BCUT2D eigenvalue weighted by molar-refractivity contribution is 5.98. The van der Waals surface area contributed by atoms with E-state index in [0.717, 1.165) is 4.90 Å². The number of hydrogen-bond donors (Lipinski definition) is 1. The van der Waals surface area contributed by atoms with Crippen molar-refractivity contribution in [1.82, 2.24) is 15.1 Å². The molecule has 0 atom stereocenters. The molecule has 45 heavy (non-hydrogen) atoms. The number of piperidine rings is 1. The van der Waals surface area contributed by atoms with Crippen LogP contribution in [0, 0.1) is 5.82 Å². The van der Waals surface area contributed by atoms with Gasteiger partial charge in [-0.15, -0.1) is 0 Å². The van der Waals surface area contributed by atoms with Gasteiger partial charge in [0.05, 0.1) is 17.8 Å². The summed E-state index contributed by atoms with van der Waals surface area (Å²) in [6, 6.07) is 15.1. The van der Waals surface area contributed by atoms with E-state index < -0.39 is 58.1 Å². The zero-order valence-corrected chi connectivity index (χ0v) is 23.6. The lowest BCUT2D eigenvalue weighted by molar-refractivity contribution is -0.143. The van der Waals surface area contributed by atoms with Crippen LogP contribution in [-0.4, -0.2) is 59.4 Å². The van der Waals surface area contributed by atoms with Gasteiger partial charge < -0.3 is 20.0 Å². The maximum Gasteiger partial charge on any atom is 0.416 e. The number of hydrogen-bond acceptors (Lipinski definition) is 4. The molecule has 0 aliphatic carbocycles. The Labute approximate surface area is 253 Å². The molecular formula is C31H27F7N4O3. The fourth-order valence-corrected chi connectivity index (χ4v) is 5.70. The molecule has 0 unspecified atom stereocenters. The van der Waals surface area contributed by atoms with E-state index in [1.54, 1.807) is 35.2 Å². The first-order valence-electron chi connectivity index (χ1n) is 13.9. The Kier molecular flexibility index (Phi) is 8.51. The topological polar surface area (TPSA) is 73.0 Å². The van der Waals surface area contributed by atoms with Crippen LogP contribution in [0.4, 0.5) is 36.4 Å². The highest BCUT2D eigenvalue weighted by Crippen LogP contribution is 2.41. The van der Waals surface area contributed by atoms with E-state index in [9.17, 15) is 45.1 Å². The van der Waals surface area contributed by atoms with Gasteiger partial charge in [-0.1, -0.05) is 30.3 Å². The number of halogens is 7. The van der Waals surface area contributed by atoms with E-state index in [2.05, 4.69) is 5.32 Å². The van der Waals surface area contributed by atoms with Crippen molar-refractivity contribution in [2.24, 2.45) is 0 Å². The van der Waals surface area contributed by atoms with E-state index in [4.69, 9.17) is 0 Å². The third-order valence-electron chi connectivity index (χ3n) is 8.03. The second-order valence-electron chi connectivity index (χ2n) is 10.9. The largest absolute Gasteiger partial charge is 0.416 e. The number of nitrogens with one attached hydrogen (secondary N) is 1. The zero-order chi connectivity index (χ0) is 32.6. The fraction of sp³-hybridized carbons (Fsp3) is 0.323. The number of nitrogens with zero attached hydrogens (tertiary/aromatic N) is 3. The number of rotatable bonds is 6. The Hall–Kier alpha value is -4.62. The standard InChI is InChI=1S/C31H27F7N4O3/c32-24-8-6-20(7-9-24)17-39-26(43)18-41-19-42(25-4-2-1-3-5-25)29(28(41)45)10-12-40(13-11-29)27(44)21-14-22(30(33,34)35)16-23(15-21)31(36,37)38/h1-9,14-16H,10-13,17-19H2,(H,39,43). The Bertz CT molecular complexity index is 1540. The summed E-state index contributed by atoms with van der Waals surface area (Å²) < 4.78 is 93.5. The third-order valence-corrected chi connectivity index (χ3v) is 8.03. The molecule has 2 fully saturated rings. The van der Waals surface area contributed by atoms with Gasteiger partial charge in [-0.3, -0.25) is 14.4 Å². The lowest BCUT2D eigenvalue weighted by atomic mass is 9.85. The smallest absolute Gasteiger partial charge is 0.350 e. The molecule has 0 bridgehead atoms. The normalized spacial score (nSPS) is 16.8. The molecule has 3 aromatic rings. The van der Waals surface area contributed by atoms with Gasteiger partial charge in [0.1, 0.15) is 17.9 Å². The predicted molar refractivity (Wildman–Crippen MR) is 148 cm³/mol. The molecule has 2 aliphatic rings. The second kappa shape index (κ2) is 12.1. The van der Waals surface area contributed by atoms with Crippen LogP contribution in [0.15, 0.2) is 72.8 Å². The van der Waals surface area contributed by atoms with Gasteiger partial charge in [0.25, 0.3) is 11.8 Å². The summed E-state index contributed by atoms with van der Waals surface area (Å²) in [7, 11) is 0. The molecule has 3 amide bonds. The summed E-state index contributed by atoms with van der Waals surface area (Å²) in [5.74, 6) is -2.30. The molecule has 3 aromatic carbocycles. The van der Waals surface area contributed by atoms with Crippen molar-refractivity contribution in [3.8, 4) is 0 Å². The molecule has 2 saturated heterocycles. The number of likely N-dealkylation sites (tertiary alicyclic amines) is 1. The summed E-state index contributed by atoms with van der Waals surface area (Å²) in [5.41, 5.74) is -3.84. The van der Waals surface area contributed by atoms with Crippen LogP contribution in [0.3, 0.4) is 0 Å². The molecule has 7 nitrogen and oxygen atoms in total. The minimum absolute atomic E-state index is 0.0191. The van der Waals surface area contributed by atoms with Gasteiger partial charge >= 0.3 is 12.4 Å². The monoisotopic (exact) mass is 636 g/mol. The molecule has 0 aromatic heterocycles. The zero-order valence-electron chi connectivity index (χ0n) is 23.6. The minimum Gasteiger partial charge on any atom is -0.350 e. The average molecular weight is 637 g/mol. The first-order valence-corrected chi connectivity index (χ1v) is 13.9. The highest BCUT2D eigenvalue weighted by Gasteiger charge is 2.54. The summed E-state index contributed by atoms with van der Waals surface area (Å²) >= 11 is 0. The second-order valence-corrected chi connectivity index (χ2v) is 10.9. The average Bonchev–Trinajstić information content (AvgIpc) is 3.26. The predicted octanol–water partition coefficient (Wildman–Crippen LogP) is 5.46. The number of benzene rings is 3. The SMILES string of the molecule is O=C(CN1CN(c2ccccc2)C2(CCN(C(=O)c3cc(C(F)(F)F)cc(C(F)(F)F)c3)CC2)C1=O)NCc1ccc(F)cc1. The summed E-state index contributed by atoms with van der Waals surface area (Å²) in [4.78, 5) is 44.2. The van der Waals surface area contributed by atoms with Gasteiger partial charge in [-0.2, -0.15) is 26.3 Å². The first kappa shape index (κ1) is 31.8. The lowest BCUT2D eigenvalue weighted by Gasteiger charge is -2.43. The number of carbonyl (C=O) groups is 3. The van der Waals surface area contributed by atoms with Crippen LogP contribution >= 0.6 is 0 Å². The van der Waals surface area contributed by atoms with Gasteiger partial charge in [0.2, 0.25) is 5.91 Å². The highest BCUT2D eigenvalue weighted by atomic mass is 19.4. The van der Waals surface area contributed by atoms with Crippen molar-refractivity contribution >= 4 is 23.4 Å². The lowest BCUT2D eigenvalue weighted by Crippen LogP contribution is -2.57. The van der Waals surface area contributed by atoms with Crippen LogP contribution in [0.5, 0.6) is 0 Å². The molecule has 2 aliphatic heterocycles. The minimum atomic E-state index is -5.11. The molecule has 238 valence electrons. The van der Waals surface area contributed by atoms with Crippen molar-refractivity contribution < 1.29 is 45.1 Å². The van der Waals surface area contributed by atoms with Gasteiger partial charge in [-0.25, -0.2) is 4.39 Å². The molecule has 1 spiro atoms. The number of para-hydroxylation sites is 1. The number of alkyl halides is 6. The number of carbonyl (C=O) groups excluding carboxylic acids is 3. The third kappa shape index (κ3) is 6.74. The van der Waals surface area contributed by atoms with E-state index >= 15 is 0 Å². The van der Waals surface area contributed by atoms with E-state index in [0.29, 0.717) is 23.4 Å². The summed E-state index contributed by atoms with van der Waals surface area (Å²) in [6.45, 7) is -0.412. The molecule has 14 heteroatoms. The summed E-state index contributed by atoms with van der Waals surface area (Å²) in [6.07, 6.45) is -10.2. The molecule has 5 rings (SSSR count). The van der Waals surface area contributed by atoms with Crippen LogP contribution in [-0.2, 0) is 28.5 Å². The van der Waals surface area contributed by atoms with Crippen LogP contribution in [0.1, 0.15) is 39.9 Å². The number of anilines is 1. The van der Waals surface area contributed by atoms with Crippen molar-refractivity contribution in [2.75, 3.05) is 31.2 Å². The maximum absolute atomic E-state index is 13.9. The van der Waals surface area contributed by atoms with Crippen LogP contribution < -0.4 is 10.2 Å². The quantitative estimate of drug-likeness (QED) is 0.365. The van der Waals surface area contributed by atoms with E-state index in [1.165, 1.54) is 29.2 Å². The Morgan fingerprint density at radius 3 is 1.96 bits per heavy atom. The molecule has 0 saturated carbocycles. The van der Waals surface area contributed by atoms with E-state index in [1.807, 2.05) is 0 Å². The van der Waals surface area contributed by atoms with Crippen molar-refractivity contribution in [2.45, 2.75) is 37.3 Å². The first-order chi connectivity index (χ1) is 21.2. The molecule has 1 N–H and O–H groups in total. The summed E-state index contributed by atoms with van der Waals surface area (Å²) in [5, 5.41) is 2.70. The van der Waals surface area contributed by atoms with Crippen LogP contribution in [0.2, 0.25) is 0 Å². The van der Waals surface area contributed by atoms with E-state index in [-0.39, 0.29) is 51.8 Å². The fourth-order valence-electron chi connectivity index (χ4n) is 5.70. The Morgan fingerprint density at radius 1 is 0.822 bits per heavy atom. The van der Waals surface area contributed by atoms with Crippen molar-refractivity contribution in [3.05, 3.63) is 101 Å². The van der Waals surface area contributed by atoms with Crippen molar-refractivity contribution in [1.29, 1.82) is 0 Å². The van der Waals surface area contributed by atoms with Gasteiger partial charge in [-0.05, 0) is 60.9 Å². The Balaban J connectivity index is 1.34. The number of amides is 3. The van der Waals surface area contributed by atoms with Crippen LogP contribution in [0.25, 0.3) is 0 Å². The molecule has 0 radical (unpaired) electrons.